The summed E-state index contributed by atoms with van der Waals surface area (Å²) in [5.41, 5.74) is -0.511. The summed E-state index contributed by atoms with van der Waals surface area (Å²) in [5, 5.41) is 20.4. The Bertz CT molecular complexity index is 235. The first-order chi connectivity index (χ1) is 6.58. The zero-order valence-electron chi connectivity index (χ0n) is 8.82. The zero-order valence-corrected chi connectivity index (χ0v) is 8.82. The lowest BCUT2D eigenvalue weighted by molar-refractivity contribution is -0.197. The average molecular weight is 196 g/mol. The minimum Gasteiger partial charge on any atom is -0.393 e. The van der Waals surface area contributed by atoms with Crippen molar-refractivity contribution >= 4 is 0 Å². The maximum Gasteiger partial charge on any atom is 0.0708 e. The second-order valence-electron chi connectivity index (χ2n) is 5.98. The standard InChI is InChI=1S/C12H20O2/c1-7(13)11-10-3-8-2-9(4-10)6-12(11,14)5-8/h7-11,13-14H,2-6H2,1H3. The van der Waals surface area contributed by atoms with Crippen LogP contribution in [0.1, 0.15) is 39.0 Å². The van der Waals surface area contributed by atoms with Crippen molar-refractivity contribution < 1.29 is 10.2 Å². The first-order valence-electron chi connectivity index (χ1n) is 5.99. The molecular formula is C12H20O2. The fourth-order valence-corrected chi connectivity index (χ4v) is 4.88. The van der Waals surface area contributed by atoms with Crippen molar-refractivity contribution in [3.05, 3.63) is 0 Å². The van der Waals surface area contributed by atoms with Crippen LogP contribution in [0.2, 0.25) is 0 Å². The van der Waals surface area contributed by atoms with Crippen molar-refractivity contribution in [1.29, 1.82) is 0 Å². The zero-order chi connectivity index (χ0) is 9.92. The minimum absolute atomic E-state index is 0.162. The summed E-state index contributed by atoms with van der Waals surface area (Å²) in [5.74, 6) is 2.28. The van der Waals surface area contributed by atoms with Crippen LogP contribution in [-0.2, 0) is 0 Å². The fourth-order valence-electron chi connectivity index (χ4n) is 4.88. The molecule has 0 heterocycles. The first kappa shape index (κ1) is 9.17. The summed E-state index contributed by atoms with van der Waals surface area (Å²) < 4.78 is 0. The van der Waals surface area contributed by atoms with Gasteiger partial charge in [0.15, 0.2) is 0 Å². The van der Waals surface area contributed by atoms with Crippen molar-refractivity contribution in [3.8, 4) is 0 Å². The maximum atomic E-state index is 10.6. The van der Waals surface area contributed by atoms with Gasteiger partial charge in [-0.2, -0.15) is 0 Å². The third-order valence-electron chi connectivity index (χ3n) is 4.87. The van der Waals surface area contributed by atoms with E-state index in [0.29, 0.717) is 5.92 Å². The van der Waals surface area contributed by atoms with Gasteiger partial charge in [-0.15, -0.1) is 0 Å². The van der Waals surface area contributed by atoms with E-state index in [9.17, 15) is 10.2 Å². The summed E-state index contributed by atoms with van der Waals surface area (Å²) in [7, 11) is 0. The van der Waals surface area contributed by atoms with Gasteiger partial charge in [0.05, 0.1) is 11.7 Å². The molecule has 2 N–H and O–H groups in total. The van der Waals surface area contributed by atoms with E-state index in [-0.39, 0.29) is 12.0 Å². The summed E-state index contributed by atoms with van der Waals surface area (Å²) in [6.07, 6.45) is 5.43. The molecule has 0 aromatic heterocycles. The Morgan fingerprint density at radius 1 is 1.14 bits per heavy atom. The van der Waals surface area contributed by atoms with Crippen LogP contribution < -0.4 is 0 Å². The molecule has 0 aliphatic heterocycles. The van der Waals surface area contributed by atoms with Crippen LogP contribution in [0.3, 0.4) is 0 Å². The highest BCUT2D eigenvalue weighted by Gasteiger charge is 2.57. The molecule has 4 atom stereocenters. The number of rotatable bonds is 1. The van der Waals surface area contributed by atoms with Crippen molar-refractivity contribution in [2.24, 2.45) is 23.7 Å². The number of aliphatic hydroxyl groups excluding tert-OH is 1. The normalized spacial score (nSPS) is 57.6. The molecule has 0 radical (unpaired) electrons. The van der Waals surface area contributed by atoms with Crippen LogP contribution in [0.4, 0.5) is 0 Å². The van der Waals surface area contributed by atoms with Gasteiger partial charge in [0.1, 0.15) is 0 Å². The van der Waals surface area contributed by atoms with Gasteiger partial charge in [-0.3, -0.25) is 0 Å². The molecule has 2 nitrogen and oxygen atoms in total. The number of aliphatic hydroxyl groups is 2. The molecule has 4 fully saturated rings. The Morgan fingerprint density at radius 2 is 1.71 bits per heavy atom. The van der Waals surface area contributed by atoms with Crippen LogP contribution in [0.15, 0.2) is 0 Å². The Morgan fingerprint density at radius 3 is 2.14 bits per heavy atom. The fraction of sp³-hybridized carbons (Fsp3) is 1.00. The Balaban J connectivity index is 1.94. The van der Waals surface area contributed by atoms with Gasteiger partial charge in [0.2, 0.25) is 0 Å². The van der Waals surface area contributed by atoms with Gasteiger partial charge >= 0.3 is 0 Å². The average Bonchev–Trinajstić information content (AvgIpc) is 1.97. The SMILES string of the molecule is CC(O)C1C2CC3CC(C2)CC1(O)C3. The highest BCUT2D eigenvalue weighted by atomic mass is 16.3. The van der Waals surface area contributed by atoms with Crippen LogP contribution >= 0.6 is 0 Å². The molecule has 0 spiro atoms. The van der Waals surface area contributed by atoms with Gasteiger partial charge in [-0.25, -0.2) is 0 Å². The molecule has 0 amide bonds. The first-order valence-corrected chi connectivity index (χ1v) is 5.99. The third-order valence-corrected chi connectivity index (χ3v) is 4.87. The molecule has 4 bridgehead atoms. The van der Waals surface area contributed by atoms with E-state index >= 15 is 0 Å². The van der Waals surface area contributed by atoms with Crippen molar-refractivity contribution in [2.75, 3.05) is 0 Å². The van der Waals surface area contributed by atoms with E-state index < -0.39 is 5.60 Å². The van der Waals surface area contributed by atoms with Crippen LogP contribution in [0, 0.1) is 23.7 Å². The Hall–Kier alpha value is -0.0800. The van der Waals surface area contributed by atoms with Crippen LogP contribution in [-0.4, -0.2) is 21.9 Å². The Labute approximate surface area is 85.3 Å². The molecule has 80 valence electrons. The molecule has 0 saturated heterocycles. The largest absolute Gasteiger partial charge is 0.393 e. The molecule has 4 aliphatic rings. The summed E-state index contributed by atoms with van der Waals surface area (Å²) in [6, 6.07) is 0. The maximum absolute atomic E-state index is 10.6. The second-order valence-corrected chi connectivity index (χ2v) is 5.98. The predicted molar refractivity (Wildman–Crippen MR) is 53.7 cm³/mol. The molecule has 0 aromatic rings. The van der Waals surface area contributed by atoms with Gasteiger partial charge in [-0.05, 0) is 56.8 Å². The summed E-state index contributed by atoms with van der Waals surface area (Å²) in [6.45, 7) is 1.85. The van der Waals surface area contributed by atoms with E-state index in [4.69, 9.17) is 0 Å². The van der Waals surface area contributed by atoms with E-state index in [0.717, 1.165) is 24.7 Å². The highest BCUT2D eigenvalue weighted by Crippen LogP contribution is 2.59. The van der Waals surface area contributed by atoms with E-state index in [1.807, 2.05) is 6.92 Å². The van der Waals surface area contributed by atoms with Crippen molar-refractivity contribution in [2.45, 2.75) is 50.7 Å². The topological polar surface area (TPSA) is 40.5 Å². The molecule has 0 aromatic carbocycles. The van der Waals surface area contributed by atoms with Crippen LogP contribution in [0.25, 0.3) is 0 Å². The lowest BCUT2D eigenvalue weighted by atomic mass is 9.49. The lowest BCUT2D eigenvalue weighted by Crippen LogP contribution is -2.60. The molecule has 2 heteroatoms. The monoisotopic (exact) mass is 196 g/mol. The van der Waals surface area contributed by atoms with E-state index in [1.54, 1.807) is 0 Å². The van der Waals surface area contributed by atoms with Crippen molar-refractivity contribution in [1.82, 2.24) is 0 Å². The smallest absolute Gasteiger partial charge is 0.0708 e. The quantitative estimate of drug-likeness (QED) is 0.668. The predicted octanol–water partition coefficient (Wildman–Crippen LogP) is 1.55. The molecule has 4 rings (SSSR count). The van der Waals surface area contributed by atoms with Gasteiger partial charge in [-0.1, -0.05) is 0 Å². The van der Waals surface area contributed by atoms with Crippen LogP contribution in [0.5, 0.6) is 0 Å². The molecule has 4 unspecified atom stereocenters. The van der Waals surface area contributed by atoms with Gasteiger partial charge in [0, 0.05) is 5.92 Å². The summed E-state index contributed by atoms with van der Waals surface area (Å²) >= 11 is 0. The lowest BCUT2D eigenvalue weighted by Gasteiger charge is -2.59. The molecule has 4 saturated carbocycles. The molecule has 14 heavy (non-hydrogen) atoms. The molecule has 4 aliphatic carbocycles. The van der Waals surface area contributed by atoms with Gasteiger partial charge < -0.3 is 10.2 Å². The number of hydrogen-bond donors (Lipinski definition) is 2. The minimum atomic E-state index is -0.511. The van der Waals surface area contributed by atoms with E-state index in [1.165, 1.54) is 19.3 Å². The summed E-state index contributed by atoms with van der Waals surface area (Å²) in [4.78, 5) is 0. The number of hydrogen-bond acceptors (Lipinski definition) is 2. The molecular weight excluding hydrogens is 176 g/mol. The van der Waals surface area contributed by atoms with Crippen molar-refractivity contribution in [3.63, 3.8) is 0 Å². The second kappa shape index (κ2) is 2.73. The highest BCUT2D eigenvalue weighted by molar-refractivity contribution is 5.08. The Kier molecular flexibility index (Phi) is 1.79. The van der Waals surface area contributed by atoms with Gasteiger partial charge in [0.25, 0.3) is 0 Å². The van der Waals surface area contributed by atoms with E-state index in [2.05, 4.69) is 0 Å². The third kappa shape index (κ3) is 1.10.